The van der Waals surface area contributed by atoms with Crippen LogP contribution >= 0.6 is 0 Å². The number of rotatable bonds is 6. The zero-order valence-corrected chi connectivity index (χ0v) is 28.9. The maximum Gasteiger partial charge on any atom is 0.169 e. The highest BCUT2D eigenvalue weighted by Crippen LogP contribution is 2.58. The van der Waals surface area contributed by atoms with Gasteiger partial charge in [0.15, 0.2) is 23.0 Å². The second-order valence-corrected chi connectivity index (χ2v) is 13.1. The van der Waals surface area contributed by atoms with E-state index in [0.29, 0.717) is 94.1 Å². The maximum absolute atomic E-state index is 11.9. The first kappa shape index (κ1) is 32.5. The van der Waals surface area contributed by atoms with Crippen molar-refractivity contribution in [3.8, 4) is 90.1 Å². The van der Waals surface area contributed by atoms with Crippen molar-refractivity contribution in [1.29, 1.82) is 0 Å². The molecule has 54 heavy (non-hydrogen) atoms. The average molecular weight is 709 g/mol. The van der Waals surface area contributed by atoms with Gasteiger partial charge in [0.25, 0.3) is 0 Å². The molecular formula is C47H32O7. The quantitative estimate of drug-likeness (QED) is 0.109. The largest absolute Gasteiger partial charge is 0.507 e. The normalized spacial score (nSPS) is 11.4. The molecule has 0 aliphatic carbocycles. The van der Waals surface area contributed by atoms with Gasteiger partial charge >= 0.3 is 0 Å². The zero-order chi connectivity index (χ0) is 37.1. The van der Waals surface area contributed by atoms with Crippen molar-refractivity contribution in [1.82, 2.24) is 0 Å². The Morgan fingerprint density at radius 3 is 1.39 bits per heavy atom. The molecule has 0 spiro atoms. The monoisotopic (exact) mass is 708 g/mol. The summed E-state index contributed by atoms with van der Waals surface area (Å²) >= 11 is 0. The molecule has 0 amide bonds. The number of ether oxygens (including phenoxy) is 1. The van der Waals surface area contributed by atoms with Gasteiger partial charge < -0.3 is 34.7 Å². The smallest absolute Gasteiger partial charge is 0.169 e. The van der Waals surface area contributed by atoms with Gasteiger partial charge in [0.1, 0.15) is 22.7 Å². The van der Waals surface area contributed by atoms with Crippen molar-refractivity contribution in [2.24, 2.45) is 0 Å². The van der Waals surface area contributed by atoms with E-state index in [1.807, 2.05) is 133 Å². The summed E-state index contributed by atoms with van der Waals surface area (Å²) in [6.07, 6.45) is 0. The molecule has 0 saturated carbocycles. The molecule has 0 aliphatic heterocycles. The Bertz CT molecular complexity index is 2880. The number of aromatic hydroxyl groups is 5. The van der Waals surface area contributed by atoms with Crippen LogP contribution in [0.3, 0.4) is 0 Å². The number of benzene rings is 8. The lowest BCUT2D eigenvalue weighted by Gasteiger charge is -2.23. The fourth-order valence-electron chi connectivity index (χ4n) is 7.76. The minimum Gasteiger partial charge on any atom is -0.507 e. The van der Waals surface area contributed by atoms with Gasteiger partial charge in [0.2, 0.25) is 0 Å². The molecule has 0 aliphatic rings. The maximum atomic E-state index is 11.9. The lowest BCUT2D eigenvalue weighted by Crippen LogP contribution is -1.98. The predicted molar refractivity (Wildman–Crippen MR) is 213 cm³/mol. The van der Waals surface area contributed by atoms with Crippen molar-refractivity contribution in [3.63, 3.8) is 0 Å². The fraction of sp³-hybridized carbons (Fsp3) is 0.0213. The Morgan fingerprint density at radius 1 is 0.389 bits per heavy atom. The summed E-state index contributed by atoms with van der Waals surface area (Å²) in [5, 5.41) is 60.6. The molecule has 8 aromatic carbocycles. The first-order valence-corrected chi connectivity index (χ1v) is 17.4. The molecule has 9 aromatic rings. The Hall–Kier alpha value is -7.38. The van der Waals surface area contributed by atoms with Crippen molar-refractivity contribution >= 4 is 32.7 Å². The van der Waals surface area contributed by atoms with Crippen LogP contribution in [0.2, 0.25) is 0 Å². The summed E-state index contributed by atoms with van der Waals surface area (Å²) < 4.78 is 12.9. The van der Waals surface area contributed by atoms with Gasteiger partial charge in [0.05, 0.1) is 23.6 Å². The summed E-state index contributed by atoms with van der Waals surface area (Å²) in [7, 11) is 1.52. The molecule has 0 unspecified atom stereocenters. The van der Waals surface area contributed by atoms with Gasteiger partial charge in [-0.25, -0.2) is 0 Å². The van der Waals surface area contributed by atoms with Crippen LogP contribution in [0.4, 0.5) is 0 Å². The third-order valence-electron chi connectivity index (χ3n) is 10.1. The van der Waals surface area contributed by atoms with Gasteiger partial charge in [-0.3, -0.25) is 0 Å². The SMILES string of the molecule is COc1c(-c2ccccc2)c(O)c(O)c(-c2ccccc2)c1-c1ccc(O)c2c1ccc1c2oc2c(-c3ccccc3)c(O)c(O)c(-c3ccccc3)c21. The number of hydrogen-bond acceptors (Lipinski definition) is 7. The number of phenols is 5. The van der Waals surface area contributed by atoms with E-state index in [1.54, 1.807) is 12.1 Å². The van der Waals surface area contributed by atoms with Crippen LogP contribution in [0.25, 0.3) is 88.3 Å². The van der Waals surface area contributed by atoms with E-state index < -0.39 is 0 Å². The molecule has 9 rings (SSSR count). The predicted octanol–water partition coefficient (Wildman–Crippen LogP) is 11.6. The molecule has 1 aromatic heterocycles. The Labute approximate surface area is 309 Å². The standard InChI is InChI=1S/C47H32O7/c1-53-46-36(28-18-10-4-11-19-28)43(51)41(49)34(26-14-6-2-7-15-26)39(46)31-24-25-33(48)38-30(31)22-23-32-40-35(27-16-8-3-9-17-27)42(50)44(52)37(47(40)54-45(32)38)29-20-12-5-13-21-29/h2-25,48-52H,1H3. The van der Waals surface area contributed by atoms with Crippen LogP contribution in [-0.4, -0.2) is 32.6 Å². The van der Waals surface area contributed by atoms with Crippen molar-refractivity contribution < 1.29 is 34.7 Å². The number of hydrogen-bond donors (Lipinski definition) is 5. The minimum atomic E-state index is -0.329. The van der Waals surface area contributed by atoms with Crippen LogP contribution in [0.15, 0.2) is 150 Å². The van der Waals surface area contributed by atoms with Crippen molar-refractivity contribution in [2.75, 3.05) is 7.11 Å². The average Bonchev–Trinajstić information content (AvgIpc) is 3.59. The molecule has 262 valence electrons. The van der Waals surface area contributed by atoms with Crippen LogP contribution < -0.4 is 4.74 Å². The second kappa shape index (κ2) is 12.7. The van der Waals surface area contributed by atoms with Crippen LogP contribution in [0, 0.1) is 0 Å². The number of methoxy groups -OCH3 is 1. The summed E-state index contributed by atoms with van der Waals surface area (Å²) in [5.74, 6) is -1.03. The minimum absolute atomic E-state index is 0.0686. The van der Waals surface area contributed by atoms with Gasteiger partial charge in [-0.15, -0.1) is 0 Å². The number of phenolic OH excluding ortho intramolecular Hbond substituents is 5. The molecule has 0 radical (unpaired) electrons. The molecule has 5 N–H and O–H groups in total. The van der Waals surface area contributed by atoms with E-state index in [9.17, 15) is 25.5 Å². The highest BCUT2D eigenvalue weighted by molar-refractivity contribution is 6.26. The lowest BCUT2D eigenvalue weighted by atomic mass is 9.85. The molecule has 7 heteroatoms. The third-order valence-corrected chi connectivity index (χ3v) is 10.1. The Kier molecular flexibility index (Phi) is 7.64. The van der Waals surface area contributed by atoms with Gasteiger partial charge in [-0.1, -0.05) is 127 Å². The molecule has 1 heterocycles. The van der Waals surface area contributed by atoms with E-state index in [4.69, 9.17) is 9.15 Å². The topological polar surface area (TPSA) is 124 Å². The van der Waals surface area contributed by atoms with E-state index in [1.165, 1.54) is 7.11 Å². The zero-order valence-electron chi connectivity index (χ0n) is 28.9. The molecule has 0 fully saturated rings. The van der Waals surface area contributed by atoms with Crippen LogP contribution in [0.5, 0.6) is 34.5 Å². The van der Waals surface area contributed by atoms with Crippen LogP contribution in [0.1, 0.15) is 0 Å². The Balaban J connectivity index is 1.45. The first-order valence-electron chi connectivity index (χ1n) is 17.4. The molecular weight excluding hydrogens is 677 g/mol. The van der Waals surface area contributed by atoms with E-state index in [-0.39, 0.29) is 28.7 Å². The summed E-state index contributed by atoms with van der Waals surface area (Å²) in [4.78, 5) is 0. The number of fused-ring (bicyclic) bond motifs is 5. The molecule has 0 bridgehead atoms. The highest BCUT2D eigenvalue weighted by atomic mass is 16.5. The van der Waals surface area contributed by atoms with E-state index >= 15 is 0 Å². The summed E-state index contributed by atoms with van der Waals surface area (Å²) in [6, 6.07) is 44.0. The van der Waals surface area contributed by atoms with E-state index in [0.717, 1.165) is 0 Å². The van der Waals surface area contributed by atoms with E-state index in [2.05, 4.69) is 0 Å². The van der Waals surface area contributed by atoms with Gasteiger partial charge in [-0.05, 0) is 51.4 Å². The van der Waals surface area contributed by atoms with Crippen LogP contribution in [-0.2, 0) is 0 Å². The summed E-state index contributed by atoms with van der Waals surface area (Å²) in [6.45, 7) is 0. The van der Waals surface area contributed by atoms with Crippen molar-refractivity contribution in [3.05, 3.63) is 146 Å². The fourth-order valence-corrected chi connectivity index (χ4v) is 7.76. The Morgan fingerprint density at radius 2 is 0.833 bits per heavy atom. The third kappa shape index (κ3) is 4.83. The first-order chi connectivity index (χ1) is 26.4. The molecule has 0 atom stereocenters. The van der Waals surface area contributed by atoms with Gasteiger partial charge in [0, 0.05) is 27.5 Å². The highest BCUT2D eigenvalue weighted by Gasteiger charge is 2.31. The number of furan rings is 1. The molecule has 0 saturated heterocycles. The molecule has 7 nitrogen and oxygen atoms in total. The van der Waals surface area contributed by atoms with Crippen molar-refractivity contribution in [2.45, 2.75) is 0 Å². The lowest BCUT2D eigenvalue weighted by molar-refractivity contribution is 0.391. The van der Waals surface area contributed by atoms with Gasteiger partial charge in [-0.2, -0.15) is 0 Å². The second-order valence-electron chi connectivity index (χ2n) is 13.1. The summed E-state index contributed by atoms with van der Waals surface area (Å²) in [5.41, 5.74) is 5.65.